The summed E-state index contributed by atoms with van der Waals surface area (Å²) in [4.78, 5) is 27.8. The van der Waals surface area contributed by atoms with Gasteiger partial charge < -0.3 is 4.74 Å². The first-order chi connectivity index (χ1) is 10.1. The van der Waals surface area contributed by atoms with E-state index in [9.17, 15) is 9.59 Å². The lowest BCUT2D eigenvalue weighted by Gasteiger charge is -2.11. The molecule has 9 heteroatoms. The lowest BCUT2D eigenvalue weighted by molar-refractivity contribution is -0.195. The predicted octanol–water partition coefficient (Wildman–Crippen LogP) is 1.17. The number of nitrogens with two attached hydrogens (primary N) is 1. The molecule has 0 bridgehead atoms. The van der Waals surface area contributed by atoms with Crippen molar-refractivity contribution in [3.63, 3.8) is 0 Å². The summed E-state index contributed by atoms with van der Waals surface area (Å²) in [5.74, 6) is 4.12. The summed E-state index contributed by atoms with van der Waals surface area (Å²) in [6.45, 7) is 0. The topological polar surface area (TPSA) is 103 Å². The van der Waals surface area contributed by atoms with Crippen molar-refractivity contribution in [2.45, 2.75) is 17.7 Å². The number of esters is 1. The van der Waals surface area contributed by atoms with E-state index in [0.29, 0.717) is 11.4 Å². The van der Waals surface area contributed by atoms with Crippen LogP contribution in [0, 0.1) is 0 Å². The smallest absolute Gasteiger partial charge is 0.311 e. The van der Waals surface area contributed by atoms with Gasteiger partial charge in [0.25, 0.3) is 5.91 Å². The zero-order valence-electron chi connectivity index (χ0n) is 11.1. The maximum absolute atomic E-state index is 11.9. The Morgan fingerprint density at radius 2 is 2.14 bits per heavy atom. The molecule has 0 saturated heterocycles. The third-order valence-corrected chi connectivity index (χ3v) is 3.27. The number of hydrogen-bond donors (Lipinski definition) is 1. The van der Waals surface area contributed by atoms with Gasteiger partial charge in [0.1, 0.15) is 0 Å². The standard InChI is InChI=1S/C12H13N3O5S/c1-18-12(17)7-8-6-11(16)15(14-8)9-2-4-10(5-3-9)21-20-19-13/h2-5H,6-7,13H2,1H3. The predicted molar refractivity (Wildman–Crippen MR) is 74.8 cm³/mol. The number of ether oxygens (including phenoxy) is 1. The fraction of sp³-hybridized carbons (Fsp3) is 0.250. The number of nitrogens with zero attached hydrogens (tertiary/aromatic N) is 2. The molecule has 0 saturated carbocycles. The molecule has 1 aliphatic rings. The second kappa shape index (κ2) is 7.18. The van der Waals surface area contributed by atoms with Gasteiger partial charge in [-0.3, -0.25) is 9.59 Å². The van der Waals surface area contributed by atoms with Crippen molar-refractivity contribution in [3.05, 3.63) is 24.3 Å². The molecule has 0 aromatic heterocycles. The van der Waals surface area contributed by atoms with Gasteiger partial charge in [-0.15, -0.1) is 9.32 Å². The first-order valence-corrected chi connectivity index (χ1v) is 6.64. The third-order valence-electron chi connectivity index (χ3n) is 2.66. The minimum absolute atomic E-state index is 0.00829. The van der Waals surface area contributed by atoms with E-state index in [2.05, 4.69) is 19.2 Å². The minimum Gasteiger partial charge on any atom is -0.469 e. The highest BCUT2D eigenvalue weighted by molar-refractivity contribution is 7.94. The molecule has 112 valence electrons. The van der Waals surface area contributed by atoms with Crippen LogP contribution in [0.2, 0.25) is 0 Å². The Morgan fingerprint density at radius 3 is 2.76 bits per heavy atom. The largest absolute Gasteiger partial charge is 0.469 e. The van der Waals surface area contributed by atoms with Crippen molar-refractivity contribution in [2.24, 2.45) is 11.0 Å². The van der Waals surface area contributed by atoms with Gasteiger partial charge in [0.2, 0.25) is 0 Å². The lowest BCUT2D eigenvalue weighted by atomic mass is 10.2. The van der Waals surface area contributed by atoms with E-state index in [4.69, 9.17) is 5.90 Å². The van der Waals surface area contributed by atoms with Crippen LogP contribution in [-0.2, 0) is 23.6 Å². The maximum atomic E-state index is 11.9. The number of hydrogen-bond acceptors (Lipinski definition) is 8. The molecule has 1 heterocycles. The van der Waals surface area contributed by atoms with Gasteiger partial charge in [-0.1, -0.05) is 0 Å². The average Bonchev–Trinajstić information content (AvgIpc) is 2.86. The van der Waals surface area contributed by atoms with Crippen molar-refractivity contribution in [1.82, 2.24) is 0 Å². The number of benzene rings is 1. The summed E-state index contributed by atoms with van der Waals surface area (Å²) in [6.07, 6.45) is 0.115. The van der Waals surface area contributed by atoms with Crippen molar-refractivity contribution in [1.29, 1.82) is 0 Å². The quantitative estimate of drug-likeness (QED) is 0.364. The summed E-state index contributed by atoms with van der Waals surface area (Å²) in [5, 5.41) is 5.39. The van der Waals surface area contributed by atoms with Gasteiger partial charge in [-0.2, -0.15) is 11.0 Å². The number of anilines is 1. The highest BCUT2D eigenvalue weighted by atomic mass is 32.2. The van der Waals surface area contributed by atoms with Crippen LogP contribution in [0.5, 0.6) is 0 Å². The fourth-order valence-electron chi connectivity index (χ4n) is 1.72. The van der Waals surface area contributed by atoms with E-state index in [-0.39, 0.29) is 18.7 Å². The molecule has 0 spiro atoms. The van der Waals surface area contributed by atoms with E-state index in [1.807, 2.05) is 0 Å². The SMILES string of the molecule is COC(=O)CC1=NN(c2ccc(SOON)cc2)C(=O)C1. The van der Waals surface area contributed by atoms with Crippen LogP contribution in [0.3, 0.4) is 0 Å². The summed E-state index contributed by atoms with van der Waals surface area (Å²) in [7, 11) is 1.29. The van der Waals surface area contributed by atoms with Crippen LogP contribution in [0.15, 0.2) is 34.3 Å². The fourth-order valence-corrected chi connectivity index (χ4v) is 2.09. The number of carbonyl (C=O) groups excluding carboxylic acids is 2. The van der Waals surface area contributed by atoms with Gasteiger partial charge in [0, 0.05) is 4.90 Å². The summed E-state index contributed by atoms with van der Waals surface area (Å²) >= 11 is 0.937. The lowest BCUT2D eigenvalue weighted by Crippen LogP contribution is -2.19. The van der Waals surface area contributed by atoms with Crippen molar-refractivity contribution in [3.8, 4) is 0 Å². The van der Waals surface area contributed by atoms with Crippen LogP contribution in [0.4, 0.5) is 5.69 Å². The number of carbonyl (C=O) groups is 2. The van der Waals surface area contributed by atoms with Crippen molar-refractivity contribution >= 4 is 35.3 Å². The third kappa shape index (κ3) is 4.02. The molecule has 1 amide bonds. The molecule has 0 unspecified atom stereocenters. The monoisotopic (exact) mass is 311 g/mol. The maximum Gasteiger partial charge on any atom is 0.311 e. The molecule has 0 aliphatic carbocycles. The first kappa shape index (κ1) is 15.4. The highest BCUT2D eigenvalue weighted by Crippen LogP contribution is 2.25. The molecule has 8 nitrogen and oxygen atoms in total. The van der Waals surface area contributed by atoms with Crippen molar-refractivity contribution < 1.29 is 23.6 Å². The molecule has 0 atom stereocenters. The van der Waals surface area contributed by atoms with E-state index >= 15 is 0 Å². The minimum atomic E-state index is -0.422. The second-order valence-electron chi connectivity index (χ2n) is 4.04. The molecule has 21 heavy (non-hydrogen) atoms. The normalized spacial score (nSPS) is 14.3. The Hall–Kier alpha value is -1.94. The number of methoxy groups -OCH3 is 1. The Morgan fingerprint density at radius 1 is 1.43 bits per heavy atom. The zero-order chi connectivity index (χ0) is 15.2. The van der Waals surface area contributed by atoms with E-state index in [1.165, 1.54) is 12.1 Å². The van der Waals surface area contributed by atoms with Crippen molar-refractivity contribution in [2.75, 3.05) is 12.1 Å². The molecule has 2 rings (SSSR count). The average molecular weight is 311 g/mol. The Bertz CT molecular complexity index is 561. The van der Waals surface area contributed by atoms with E-state index < -0.39 is 5.97 Å². The van der Waals surface area contributed by atoms with Crippen LogP contribution >= 0.6 is 12.0 Å². The zero-order valence-corrected chi connectivity index (χ0v) is 12.0. The van der Waals surface area contributed by atoms with Gasteiger partial charge in [0.15, 0.2) is 0 Å². The van der Waals surface area contributed by atoms with E-state index in [0.717, 1.165) is 16.9 Å². The second-order valence-corrected chi connectivity index (χ2v) is 4.82. The molecule has 2 N–H and O–H groups in total. The molecular formula is C12H13N3O5S. The number of amides is 1. The van der Waals surface area contributed by atoms with Crippen LogP contribution in [0.25, 0.3) is 0 Å². The van der Waals surface area contributed by atoms with Crippen LogP contribution < -0.4 is 10.9 Å². The Balaban J connectivity index is 2.06. The van der Waals surface area contributed by atoms with Gasteiger partial charge >= 0.3 is 5.97 Å². The summed E-state index contributed by atoms with van der Waals surface area (Å²) in [6, 6.07) is 6.84. The van der Waals surface area contributed by atoms with Gasteiger partial charge in [-0.05, 0) is 24.3 Å². The molecular weight excluding hydrogens is 298 g/mol. The summed E-state index contributed by atoms with van der Waals surface area (Å²) < 4.78 is 9.07. The Kier molecular flexibility index (Phi) is 5.28. The summed E-state index contributed by atoms with van der Waals surface area (Å²) in [5.41, 5.74) is 1.07. The molecule has 1 aliphatic heterocycles. The number of hydrazone groups is 1. The van der Waals surface area contributed by atoms with Crippen LogP contribution in [-0.4, -0.2) is 24.7 Å². The van der Waals surface area contributed by atoms with Crippen LogP contribution in [0.1, 0.15) is 12.8 Å². The first-order valence-electron chi connectivity index (χ1n) is 5.90. The number of rotatable bonds is 6. The molecule has 1 aromatic rings. The van der Waals surface area contributed by atoms with Gasteiger partial charge in [-0.25, -0.2) is 5.01 Å². The highest BCUT2D eigenvalue weighted by Gasteiger charge is 2.26. The molecule has 1 aromatic carbocycles. The molecule has 0 radical (unpaired) electrons. The van der Waals surface area contributed by atoms with E-state index in [1.54, 1.807) is 24.3 Å². The van der Waals surface area contributed by atoms with Gasteiger partial charge in [0.05, 0.1) is 43.4 Å². The molecule has 0 fully saturated rings. The Labute approximate surface area is 124 Å².